The first-order valence-corrected chi connectivity index (χ1v) is 9.57. The third-order valence-corrected chi connectivity index (χ3v) is 4.86. The lowest BCUT2D eigenvalue weighted by atomic mass is 10.1. The van der Waals surface area contributed by atoms with Gasteiger partial charge >= 0.3 is 0 Å². The quantitative estimate of drug-likeness (QED) is 0.792. The van der Waals surface area contributed by atoms with E-state index in [4.69, 9.17) is 9.15 Å². The number of piperazine rings is 1. The van der Waals surface area contributed by atoms with Gasteiger partial charge < -0.3 is 19.4 Å². The molecule has 0 aliphatic carbocycles. The molecule has 28 heavy (non-hydrogen) atoms. The molecule has 2 aromatic rings. The van der Waals surface area contributed by atoms with Gasteiger partial charge in [0.2, 0.25) is 5.91 Å². The predicted molar refractivity (Wildman–Crippen MR) is 106 cm³/mol. The highest BCUT2D eigenvalue weighted by Crippen LogP contribution is 2.16. The van der Waals surface area contributed by atoms with Gasteiger partial charge in [-0.15, -0.1) is 0 Å². The third-order valence-electron chi connectivity index (χ3n) is 4.86. The summed E-state index contributed by atoms with van der Waals surface area (Å²) in [5.41, 5.74) is 1.99. The van der Waals surface area contributed by atoms with Gasteiger partial charge in [-0.25, -0.2) is 0 Å². The molecule has 1 saturated heterocycles. The van der Waals surface area contributed by atoms with Crippen LogP contribution in [-0.2, 0) is 22.6 Å². The number of nitrogens with zero attached hydrogens (tertiary/aromatic N) is 2. The maximum Gasteiger partial charge on any atom is 0.289 e. The first kappa shape index (κ1) is 20.1. The van der Waals surface area contributed by atoms with Crippen LogP contribution in [0.25, 0.3) is 0 Å². The number of methoxy groups -OCH3 is 1. The number of benzene rings is 1. The molecule has 1 aromatic carbocycles. The topological polar surface area (TPSA) is 75.0 Å². The van der Waals surface area contributed by atoms with E-state index in [0.717, 1.165) is 17.7 Å². The van der Waals surface area contributed by atoms with E-state index in [0.29, 0.717) is 50.9 Å². The number of nitrogens with one attached hydrogen (secondary N) is 1. The second kappa shape index (κ2) is 9.52. The molecule has 0 saturated carbocycles. The van der Waals surface area contributed by atoms with Crippen LogP contribution in [0.5, 0.6) is 0 Å². The lowest BCUT2D eigenvalue weighted by molar-refractivity contribution is -0.117. The summed E-state index contributed by atoms with van der Waals surface area (Å²) in [6, 6.07) is 11.3. The lowest BCUT2D eigenvalue weighted by Gasteiger charge is -2.33. The molecule has 0 atom stereocenters. The van der Waals surface area contributed by atoms with Crippen LogP contribution in [0, 0.1) is 0 Å². The van der Waals surface area contributed by atoms with Crippen molar-refractivity contribution in [1.82, 2.24) is 9.80 Å². The average molecular weight is 385 g/mol. The fourth-order valence-electron chi connectivity index (χ4n) is 3.32. The molecule has 0 spiro atoms. The summed E-state index contributed by atoms with van der Waals surface area (Å²) in [6.45, 7) is 5.17. The second-order valence-electron chi connectivity index (χ2n) is 6.83. The van der Waals surface area contributed by atoms with Crippen LogP contribution in [0.3, 0.4) is 0 Å². The summed E-state index contributed by atoms with van der Waals surface area (Å²) in [6.07, 6.45) is 0.871. The Bertz CT molecular complexity index is 809. The van der Waals surface area contributed by atoms with E-state index in [2.05, 4.69) is 17.1 Å². The Kier molecular flexibility index (Phi) is 6.84. The number of ether oxygens (including phenoxy) is 1. The number of anilines is 1. The molecule has 2 heterocycles. The number of amides is 2. The van der Waals surface area contributed by atoms with Crippen molar-refractivity contribution in [2.24, 2.45) is 0 Å². The zero-order valence-electron chi connectivity index (χ0n) is 16.4. The van der Waals surface area contributed by atoms with E-state index in [1.807, 2.05) is 24.3 Å². The fraction of sp³-hybridized carbons (Fsp3) is 0.429. The summed E-state index contributed by atoms with van der Waals surface area (Å²) >= 11 is 0. The van der Waals surface area contributed by atoms with Gasteiger partial charge in [-0.2, -0.15) is 0 Å². The van der Waals surface area contributed by atoms with Gasteiger partial charge in [0.25, 0.3) is 5.91 Å². The van der Waals surface area contributed by atoms with Gasteiger partial charge in [-0.3, -0.25) is 14.5 Å². The summed E-state index contributed by atoms with van der Waals surface area (Å²) in [5, 5.41) is 3.00. The third kappa shape index (κ3) is 4.99. The second-order valence-corrected chi connectivity index (χ2v) is 6.83. The molecular weight excluding hydrogens is 358 g/mol. The summed E-state index contributed by atoms with van der Waals surface area (Å²) in [7, 11) is 1.58. The smallest absolute Gasteiger partial charge is 0.289 e. The van der Waals surface area contributed by atoms with Crippen LogP contribution in [0.4, 0.5) is 5.69 Å². The number of para-hydroxylation sites is 1. The molecule has 0 radical (unpaired) electrons. The van der Waals surface area contributed by atoms with Crippen LogP contribution < -0.4 is 5.32 Å². The molecule has 1 aliphatic rings. The standard InChI is InChI=1S/C21H27N3O4/c1-3-16-6-4-5-7-18(16)22-20(25)14-23-10-12-24(13-11-23)21(26)19-9-8-17(28-19)15-27-2/h4-9H,3,10-15H2,1-2H3,(H,22,25). The molecule has 1 aliphatic heterocycles. The van der Waals surface area contributed by atoms with Crippen molar-refractivity contribution in [2.45, 2.75) is 20.0 Å². The van der Waals surface area contributed by atoms with Crippen molar-refractivity contribution in [2.75, 3.05) is 45.2 Å². The van der Waals surface area contributed by atoms with Gasteiger partial charge in [-0.1, -0.05) is 25.1 Å². The molecule has 1 N–H and O–H groups in total. The van der Waals surface area contributed by atoms with E-state index in [-0.39, 0.29) is 11.8 Å². The van der Waals surface area contributed by atoms with Crippen molar-refractivity contribution < 1.29 is 18.7 Å². The number of hydrogen-bond donors (Lipinski definition) is 1. The first-order chi connectivity index (χ1) is 13.6. The molecule has 1 fully saturated rings. The van der Waals surface area contributed by atoms with E-state index in [1.165, 1.54) is 0 Å². The first-order valence-electron chi connectivity index (χ1n) is 9.57. The number of hydrogen-bond acceptors (Lipinski definition) is 5. The SMILES string of the molecule is CCc1ccccc1NC(=O)CN1CCN(C(=O)c2ccc(COC)o2)CC1. The zero-order chi connectivity index (χ0) is 19.9. The molecule has 1 aromatic heterocycles. The highest BCUT2D eigenvalue weighted by Gasteiger charge is 2.25. The maximum atomic E-state index is 12.6. The summed E-state index contributed by atoms with van der Waals surface area (Å²) < 4.78 is 10.5. The molecule has 7 heteroatoms. The van der Waals surface area contributed by atoms with Crippen molar-refractivity contribution in [3.63, 3.8) is 0 Å². The van der Waals surface area contributed by atoms with Gasteiger partial charge in [0, 0.05) is 39.0 Å². The Morgan fingerprint density at radius 3 is 2.57 bits per heavy atom. The van der Waals surface area contributed by atoms with Gasteiger partial charge in [0.05, 0.1) is 6.54 Å². The number of rotatable bonds is 7. The highest BCUT2D eigenvalue weighted by atomic mass is 16.5. The number of carbonyl (C=O) groups excluding carboxylic acids is 2. The monoisotopic (exact) mass is 385 g/mol. The molecule has 0 unspecified atom stereocenters. The minimum atomic E-state index is -0.122. The molecule has 3 rings (SSSR count). The normalized spacial score (nSPS) is 14.9. The Morgan fingerprint density at radius 1 is 1.11 bits per heavy atom. The Balaban J connectivity index is 1.48. The average Bonchev–Trinajstić information content (AvgIpc) is 3.17. The summed E-state index contributed by atoms with van der Waals surface area (Å²) in [4.78, 5) is 28.8. The Hall–Kier alpha value is -2.64. The van der Waals surface area contributed by atoms with Crippen LogP contribution in [-0.4, -0.2) is 61.4 Å². The molecule has 7 nitrogen and oxygen atoms in total. The van der Waals surface area contributed by atoms with Crippen molar-refractivity contribution in [3.8, 4) is 0 Å². The van der Waals surface area contributed by atoms with Crippen LogP contribution in [0.1, 0.15) is 28.8 Å². The van der Waals surface area contributed by atoms with Gasteiger partial charge in [-0.05, 0) is 30.2 Å². The van der Waals surface area contributed by atoms with Crippen LogP contribution in [0.15, 0.2) is 40.8 Å². The van der Waals surface area contributed by atoms with Crippen LogP contribution in [0.2, 0.25) is 0 Å². The number of furan rings is 1. The van der Waals surface area contributed by atoms with E-state index < -0.39 is 0 Å². The minimum absolute atomic E-state index is 0.0316. The number of aryl methyl sites for hydroxylation is 1. The van der Waals surface area contributed by atoms with Gasteiger partial charge in [0.1, 0.15) is 12.4 Å². The number of carbonyl (C=O) groups is 2. The van der Waals surface area contributed by atoms with Crippen molar-refractivity contribution in [1.29, 1.82) is 0 Å². The molecule has 150 valence electrons. The van der Waals surface area contributed by atoms with Crippen molar-refractivity contribution >= 4 is 17.5 Å². The minimum Gasteiger partial charge on any atom is -0.453 e. The van der Waals surface area contributed by atoms with E-state index in [9.17, 15) is 9.59 Å². The van der Waals surface area contributed by atoms with Crippen LogP contribution >= 0.6 is 0 Å². The Labute approximate surface area is 165 Å². The predicted octanol–water partition coefficient (Wildman–Crippen LogP) is 2.38. The van der Waals surface area contributed by atoms with Crippen molar-refractivity contribution in [3.05, 3.63) is 53.5 Å². The summed E-state index contributed by atoms with van der Waals surface area (Å²) in [5.74, 6) is 0.808. The molecule has 2 amide bonds. The highest BCUT2D eigenvalue weighted by molar-refractivity contribution is 5.93. The van der Waals surface area contributed by atoms with E-state index >= 15 is 0 Å². The Morgan fingerprint density at radius 2 is 1.86 bits per heavy atom. The van der Waals surface area contributed by atoms with E-state index in [1.54, 1.807) is 24.1 Å². The largest absolute Gasteiger partial charge is 0.453 e. The molecular formula is C21H27N3O4. The maximum absolute atomic E-state index is 12.6. The lowest BCUT2D eigenvalue weighted by Crippen LogP contribution is -2.50. The molecule has 0 bridgehead atoms. The zero-order valence-corrected chi connectivity index (χ0v) is 16.4. The fourth-order valence-corrected chi connectivity index (χ4v) is 3.32. The van der Waals surface area contributed by atoms with Gasteiger partial charge in [0.15, 0.2) is 5.76 Å².